The van der Waals surface area contributed by atoms with E-state index in [4.69, 9.17) is 4.74 Å². The summed E-state index contributed by atoms with van der Waals surface area (Å²) in [6.45, 7) is 4.89. The number of hydrogen-bond acceptors (Lipinski definition) is 4. The number of amides is 2. The molecular formula is C20H26N4O2. The van der Waals surface area contributed by atoms with Gasteiger partial charge in [0.15, 0.2) is 0 Å². The van der Waals surface area contributed by atoms with Crippen LogP contribution in [0.3, 0.4) is 0 Å². The topological polar surface area (TPSA) is 57.7 Å². The lowest BCUT2D eigenvalue weighted by Gasteiger charge is -2.34. The fourth-order valence-electron chi connectivity index (χ4n) is 3.08. The average molecular weight is 354 g/mol. The number of nitrogens with zero attached hydrogens (tertiary/aromatic N) is 3. The molecule has 2 heterocycles. The van der Waals surface area contributed by atoms with Crippen molar-refractivity contribution in [2.24, 2.45) is 0 Å². The Kier molecular flexibility index (Phi) is 6.44. The monoisotopic (exact) mass is 354 g/mol. The minimum atomic E-state index is 0.00857. The molecule has 1 aliphatic rings. The van der Waals surface area contributed by atoms with Gasteiger partial charge in [-0.1, -0.05) is 12.1 Å². The zero-order valence-electron chi connectivity index (χ0n) is 15.2. The number of methoxy groups -OCH3 is 1. The van der Waals surface area contributed by atoms with Crippen molar-refractivity contribution < 1.29 is 9.53 Å². The van der Waals surface area contributed by atoms with E-state index >= 15 is 0 Å². The van der Waals surface area contributed by atoms with Gasteiger partial charge in [-0.25, -0.2) is 4.79 Å². The Bertz CT molecular complexity index is 700. The third-order valence-electron chi connectivity index (χ3n) is 4.70. The fraction of sp³-hybridized carbons (Fsp3) is 0.400. The molecule has 3 rings (SSSR count). The number of hydrogen-bond donors (Lipinski definition) is 1. The van der Waals surface area contributed by atoms with E-state index in [0.717, 1.165) is 50.5 Å². The van der Waals surface area contributed by atoms with E-state index in [2.05, 4.69) is 27.3 Å². The van der Waals surface area contributed by atoms with Gasteiger partial charge in [-0.05, 0) is 41.8 Å². The van der Waals surface area contributed by atoms with Gasteiger partial charge in [0.05, 0.1) is 7.11 Å². The van der Waals surface area contributed by atoms with Crippen LogP contribution in [0.2, 0.25) is 0 Å². The molecule has 1 aliphatic heterocycles. The van der Waals surface area contributed by atoms with Gasteiger partial charge in [0, 0.05) is 51.7 Å². The van der Waals surface area contributed by atoms with Gasteiger partial charge in [-0.3, -0.25) is 9.88 Å². The summed E-state index contributed by atoms with van der Waals surface area (Å²) in [5.41, 5.74) is 2.34. The largest absolute Gasteiger partial charge is 0.497 e. The molecule has 1 N–H and O–H groups in total. The first kappa shape index (κ1) is 18.2. The second-order valence-electron chi connectivity index (χ2n) is 6.44. The summed E-state index contributed by atoms with van der Waals surface area (Å²) in [7, 11) is 1.69. The van der Waals surface area contributed by atoms with E-state index in [1.807, 2.05) is 29.2 Å². The van der Waals surface area contributed by atoms with Crippen LogP contribution in [0.4, 0.5) is 4.79 Å². The second-order valence-corrected chi connectivity index (χ2v) is 6.44. The van der Waals surface area contributed by atoms with Gasteiger partial charge in [0.2, 0.25) is 0 Å². The first-order valence-electron chi connectivity index (χ1n) is 9.01. The Labute approximate surface area is 154 Å². The Morgan fingerprint density at radius 1 is 1.12 bits per heavy atom. The molecule has 1 fully saturated rings. The number of carbonyl (C=O) groups excluding carboxylic acids is 1. The molecule has 0 radical (unpaired) electrons. The van der Waals surface area contributed by atoms with E-state index in [0.29, 0.717) is 6.54 Å². The number of piperazine rings is 1. The summed E-state index contributed by atoms with van der Waals surface area (Å²) < 4.78 is 5.27. The zero-order valence-corrected chi connectivity index (χ0v) is 15.2. The second kappa shape index (κ2) is 9.20. The first-order chi connectivity index (χ1) is 12.7. The molecule has 6 nitrogen and oxygen atoms in total. The van der Waals surface area contributed by atoms with Crippen LogP contribution >= 0.6 is 0 Å². The average Bonchev–Trinajstić information content (AvgIpc) is 2.72. The highest BCUT2D eigenvalue weighted by molar-refractivity contribution is 5.74. The number of carbonyl (C=O) groups is 1. The van der Waals surface area contributed by atoms with E-state index < -0.39 is 0 Å². The fourth-order valence-corrected chi connectivity index (χ4v) is 3.08. The van der Waals surface area contributed by atoms with Gasteiger partial charge in [-0.15, -0.1) is 0 Å². The maximum atomic E-state index is 12.3. The Balaban J connectivity index is 1.38. The zero-order chi connectivity index (χ0) is 18.2. The van der Waals surface area contributed by atoms with Crippen LogP contribution in [0.25, 0.3) is 0 Å². The molecule has 2 amide bonds. The van der Waals surface area contributed by atoms with Crippen molar-refractivity contribution in [2.75, 3.05) is 39.8 Å². The molecule has 0 aliphatic carbocycles. The Morgan fingerprint density at radius 2 is 1.88 bits per heavy atom. The predicted octanol–water partition coefficient (Wildman–Crippen LogP) is 2.16. The SMILES string of the molecule is COc1cccc(CCN2CCN(C(=O)NCc3ccncc3)CC2)c1. The van der Waals surface area contributed by atoms with Crippen LogP contribution < -0.4 is 10.1 Å². The van der Waals surface area contributed by atoms with Gasteiger partial charge >= 0.3 is 6.03 Å². The minimum Gasteiger partial charge on any atom is -0.497 e. The molecule has 138 valence electrons. The van der Waals surface area contributed by atoms with Gasteiger partial charge in [0.1, 0.15) is 5.75 Å². The third kappa shape index (κ3) is 5.20. The van der Waals surface area contributed by atoms with Crippen LogP contribution in [0.5, 0.6) is 5.75 Å². The molecule has 1 aromatic heterocycles. The summed E-state index contributed by atoms with van der Waals surface area (Å²) in [6.07, 6.45) is 4.47. The van der Waals surface area contributed by atoms with Gasteiger partial charge in [-0.2, -0.15) is 0 Å². The van der Waals surface area contributed by atoms with Crippen LogP contribution in [-0.2, 0) is 13.0 Å². The normalized spacial score (nSPS) is 14.9. The van der Waals surface area contributed by atoms with E-state index in [1.54, 1.807) is 19.5 Å². The number of ether oxygens (including phenoxy) is 1. The van der Waals surface area contributed by atoms with Crippen molar-refractivity contribution in [3.05, 3.63) is 59.9 Å². The lowest BCUT2D eigenvalue weighted by Crippen LogP contribution is -2.51. The Morgan fingerprint density at radius 3 is 2.62 bits per heavy atom. The van der Waals surface area contributed by atoms with Crippen molar-refractivity contribution in [3.8, 4) is 5.75 Å². The highest BCUT2D eigenvalue weighted by Crippen LogP contribution is 2.13. The minimum absolute atomic E-state index is 0.00857. The molecule has 1 aromatic carbocycles. The van der Waals surface area contributed by atoms with Crippen molar-refractivity contribution in [3.63, 3.8) is 0 Å². The van der Waals surface area contributed by atoms with Crippen LogP contribution in [0, 0.1) is 0 Å². The van der Waals surface area contributed by atoms with Crippen molar-refractivity contribution >= 4 is 6.03 Å². The molecule has 6 heteroatoms. The van der Waals surface area contributed by atoms with Crippen molar-refractivity contribution in [2.45, 2.75) is 13.0 Å². The summed E-state index contributed by atoms with van der Waals surface area (Å²) in [4.78, 5) is 20.6. The molecule has 0 bridgehead atoms. The number of nitrogens with one attached hydrogen (secondary N) is 1. The summed E-state index contributed by atoms with van der Waals surface area (Å²) in [5, 5.41) is 2.98. The molecular weight excluding hydrogens is 328 g/mol. The quantitative estimate of drug-likeness (QED) is 0.864. The molecule has 26 heavy (non-hydrogen) atoms. The standard InChI is InChI=1S/C20H26N4O2/c1-26-19-4-2-3-17(15-19)7-10-23-11-13-24(14-12-23)20(25)22-16-18-5-8-21-9-6-18/h2-6,8-9,15H,7,10-14,16H2,1H3,(H,22,25). The number of aromatic nitrogens is 1. The molecule has 1 saturated heterocycles. The van der Waals surface area contributed by atoms with Crippen LogP contribution in [0.1, 0.15) is 11.1 Å². The van der Waals surface area contributed by atoms with E-state index in [9.17, 15) is 4.79 Å². The van der Waals surface area contributed by atoms with Crippen LogP contribution in [0.15, 0.2) is 48.8 Å². The number of pyridine rings is 1. The maximum absolute atomic E-state index is 12.3. The van der Waals surface area contributed by atoms with Crippen molar-refractivity contribution in [1.29, 1.82) is 0 Å². The number of benzene rings is 1. The molecule has 0 atom stereocenters. The summed E-state index contributed by atoms with van der Waals surface area (Å²) in [5.74, 6) is 0.901. The van der Waals surface area contributed by atoms with Gasteiger partial charge < -0.3 is 15.0 Å². The Hall–Kier alpha value is -2.60. The van der Waals surface area contributed by atoms with Crippen molar-refractivity contribution in [1.82, 2.24) is 20.1 Å². The highest BCUT2D eigenvalue weighted by Gasteiger charge is 2.20. The predicted molar refractivity (Wildman–Crippen MR) is 101 cm³/mol. The number of urea groups is 1. The molecule has 0 spiro atoms. The van der Waals surface area contributed by atoms with E-state index in [-0.39, 0.29) is 6.03 Å². The lowest BCUT2D eigenvalue weighted by molar-refractivity contribution is 0.140. The number of rotatable bonds is 6. The lowest BCUT2D eigenvalue weighted by atomic mass is 10.1. The molecule has 2 aromatic rings. The first-order valence-corrected chi connectivity index (χ1v) is 9.01. The molecule has 0 saturated carbocycles. The smallest absolute Gasteiger partial charge is 0.317 e. The van der Waals surface area contributed by atoms with E-state index in [1.165, 1.54) is 5.56 Å². The summed E-state index contributed by atoms with van der Waals surface area (Å²) >= 11 is 0. The summed E-state index contributed by atoms with van der Waals surface area (Å²) in [6, 6.07) is 12.0. The van der Waals surface area contributed by atoms with Crippen LogP contribution in [-0.4, -0.2) is 60.6 Å². The molecule has 0 unspecified atom stereocenters. The highest BCUT2D eigenvalue weighted by atomic mass is 16.5. The van der Waals surface area contributed by atoms with Gasteiger partial charge in [0.25, 0.3) is 0 Å². The third-order valence-corrected chi connectivity index (χ3v) is 4.70. The maximum Gasteiger partial charge on any atom is 0.317 e.